The topological polar surface area (TPSA) is 46.6 Å². The second-order valence-electron chi connectivity index (χ2n) is 5.34. The second-order valence-corrected chi connectivity index (χ2v) is 5.34. The highest BCUT2D eigenvalue weighted by molar-refractivity contribution is 6.12. The van der Waals surface area contributed by atoms with E-state index in [1.165, 1.54) is 0 Å². The molecule has 0 bridgehead atoms. The number of Topliss-reactive ketones (excluding diaryl/α,β-unsaturated/α-hetero) is 1. The summed E-state index contributed by atoms with van der Waals surface area (Å²) in [7, 11) is 0. The van der Waals surface area contributed by atoms with E-state index in [4.69, 9.17) is 4.74 Å². The molecule has 1 saturated heterocycles. The summed E-state index contributed by atoms with van der Waals surface area (Å²) in [5.74, 6) is -1.18. The summed E-state index contributed by atoms with van der Waals surface area (Å²) >= 11 is 0. The first-order chi connectivity index (χ1) is 10.8. The average molecular weight is 329 g/mol. The molecule has 126 valence electrons. The fourth-order valence-corrected chi connectivity index (χ4v) is 2.62. The van der Waals surface area contributed by atoms with Gasteiger partial charge in [0.05, 0.1) is 12.2 Å². The second kappa shape index (κ2) is 7.12. The molecule has 23 heavy (non-hydrogen) atoms. The Hall–Kier alpha value is -1.89. The number of alkyl halides is 3. The third-order valence-corrected chi connectivity index (χ3v) is 3.76. The van der Waals surface area contributed by atoms with Gasteiger partial charge in [-0.15, -0.1) is 0 Å². The molecule has 1 aliphatic heterocycles. The molecule has 0 amide bonds. The number of rotatable bonds is 5. The summed E-state index contributed by atoms with van der Waals surface area (Å²) in [4.78, 5) is 26.4. The van der Waals surface area contributed by atoms with Crippen molar-refractivity contribution in [2.24, 2.45) is 0 Å². The van der Waals surface area contributed by atoms with Crippen molar-refractivity contribution in [1.29, 1.82) is 0 Å². The molecule has 0 saturated carbocycles. The predicted molar refractivity (Wildman–Crippen MR) is 77.0 cm³/mol. The van der Waals surface area contributed by atoms with Crippen LogP contribution in [0.1, 0.15) is 35.7 Å². The molecule has 1 fully saturated rings. The van der Waals surface area contributed by atoms with Gasteiger partial charge in [-0.3, -0.25) is 9.69 Å². The van der Waals surface area contributed by atoms with Crippen molar-refractivity contribution in [1.82, 2.24) is 4.90 Å². The predicted octanol–water partition coefficient (Wildman–Crippen LogP) is 2.92. The Bertz CT molecular complexity index is 563. The number of halogens is 3. The highest BCUT2D eigenvalue weighted by Crippen LogP contribution is 2.29. The molecule has 4 nitrogen and oxygen atoms in total. The third-order valence-electron chi connectivity index (χ3n) is 3.76. The maximum atomic E-state index is 12.6. The standard InChI is InChI=1S/C16H18F3NO3/c1-2-23-15(22)13(20-9-3-4-10-20)14(21)11-5-7-12(8-6-11)16(17,18)19/h5-8,13H,2-4,9-10H2,1H3. The van der Waals surface area contributed by atoms with E-state index >= 15 is 0 Å². The zero-order valence-electron chi connectivity index (χ0n) is 12.7. The molecule has 1 aromatic carbocycles. The summed E-state index contributed by atoms with van der Waals surface area (Å²) < 4.78 is 42.7. The molecule has 7 heteroatoms. The lowest BCUT2D eigenvalue weighted by Crippen LogP contribution is -2.46. The monoisotopic (exact) mass is 329 g/mol. The number of benzene rings is 1. The SMILES string of the molecule is CCOC(=O)C(C(=O)c1ccc(C(F)(F)F)cc1)N1CCCC1. The number of hydrogen-bond donors (Lipinski definition) is 0. The molecule has 1 aliphatic rings. The zero-order chi connectivity index (χ0) is 17.0. The van der Waals surface area contributed by atoms with Crippen molar-refractivity contribution in [3.63, 3.8) is 0 Å². The minimum atomic E-state index is -4.46. The van der Waals surface area contributed by atoms with E-state index in [9.17, 15) is 22.8 Å². The summed E-state index contributed by atoms with van der Waals surface area (Å²) in [6.45, 7) is 2.97. The number of carbonyl (C=O) groups excluding carboxylic acids is 2. The van der Waals surface area contributed by atoms with Gasteiger partial charge in [-0.2, -0.15) is 13.2 Å². The van der Waals surface area contributed by atoms with Crippen molar-refractivity contribution in [3.05, 3.63) is 35.4 Å². The molecule has 1 atom stereocenters. The van der Waals surface area contributed by atoms with Gasteiger partial charge in [0.1, 0.15) is 0 Å². The Labute approximate surface area is 132 Å². The molecule has 0 N–H and O–H groups in total. The van der Waals surface area contributed by atoms with Gasteiger partial charge in [-0.25, -0.2) is 4.79 Å². The first kappa shape index (κ1) is 17.5. The normalized spacial score (nSPS) is 17.0. The van der Waals surface area contributed by atoms with Crippen LogP contribution in [0.15, 0.2) is 24.3 Å². The van der Waals surface area contributed by atoms with E-state index in [1.807, 2.05) is 0 Å². The Morgan fingerprint density at radius 2 is 1.74 bits per heavy atom. The van der Waals surface area contributed by atoms with E-state index in [0.29, 0.717) is 13.1 Å². The average Bonchev–Trinajstić information content (AvgIpc) is 3.01. The molecular formula is C16H18F3NO3. The first-order valence-corrected chi connectivity index (χ1v) is 7.46. The number of esters is 1. The summed E-state index contributed by atoms with van der Waals surface area (Å²) in [6, 6.07) is 2.81. The van der Waals surface area contributed by atoms with Gasteiger partial charge < -0.3 is 4.74 Å². The van der Waals surface area contributed by atoms with Crippen LogP contribution >= 0.6 is 0 Å². The Morgan fingerprint density at radius 1 is 1.17 bits per heavy atom. The Morgan fingerprint density at radius 3 is 2.22 bits per heavy atom. The molecular weight excluding hydrogens is 311 g/mol. The quantitative estimate of drug-likeness (QED) is 0.473. The molecule has 1 unspecified atom stereocenters. The van der Waals surface area contributed by atoms with Gasteiger partial charge in [0, 0.05) is 5.56 Å². The highest BCUT2D eigenvalue weighted by Gasteiger charge is 2.36. The number of likely N-dealkylation sites (tertiary alicyclic amines) is 1. The lowest BCUT2D eigenvalue weighted by Gasteiger charge is -2.24. The zero-order valence-corrected chi connectivity index (χ0v) is 12.7. The van der Waals surface area contributed by atoms with Crippen LogP contribution in [0.25, 0.3) is 0 Å². The number of ketones is 1. The minimum absolute atomic E-state index is 0.0722. The van der Waals surface area contributed by atoms with Crippen LogP contribution in [0.4, 0.5) is 13.2 Å². The van der Waals surface area contributed by atoms with Crippen LogP contribution in [0.3, 0.4) is 0 Å². The number of nitrogens with zero attached hydrogens (tertiary/aromatic N) is 1. The van der Waals surface area contributed by atoms with Gasteiger partial charge in [0.2, 0.25) is 0 Å². The van der Waals surface area contributed by atoms with Crippen LogP contribution in [-0.4, -0.2) is 42.4 Å². The Balaban J connectivity index is 2.24. The van der Waals surface area contributed by atoms with Crippen LogP contribution in [-0.2, 0) is 15.7 Å². The minimum Gasteiger partial charge on any atom is -0.464 e. The van der Waals surface area contributed by atoms with Crippen molar-refractivity contribution in [3.8, 4) is 0 Å². The fourth-order valence-electron chi connectivity index (χ4n) is 2.62. The van der Waals surface area contributed by atoms with E-state index in [1.54, 1.807) is 11.8 Å². The maximum absolute atomic E-state index is 12.6. The van der Waals surface area contributed by atoms with Gasteiger partial charge in [-0.1, -0.05) is 12.1 Å². The van der Waals surface area contributed by atoms with Crippen molar-refractivity contribution in [2.45, 2.75) is 32.0 Å². The molecule has 2 rings (SSSR count). The molecule has 1 aromatic rings. The van der Waals surface area contributed by atoms with E-state index in [-0.39, 0.29) is 12.2 Å². The fraction of sp³-hybridized carbons (Fsp3) is 0.500. The maximum Gasteiger partial charge on any atom is 0.416 e. The first-order valence-electron chi connectivity index (χ1n) is 7.46. The number of carbonyl (C=O) groups is 2. The third kappa shape index (κ3) is 4.10. The Kier molecular flexibility index (Phi) is 5.41. The van der Waals surface area contributed by atoms with Crippen LogP contribution in [0.5, 0.6) is 0 Å². The highest BCUT2D eigenvalue weighted by atomic mass is 19.4. The molecule has 0 aliphatic carbocycles. The summed E-state index contributed by atoms with van der Waals surface area (Å²) in [5, 5.41) is 0. The van der Waals surface area contributed by atoms with Crippen LogP contribution < -0.4 is 0 Å². The van der Waals surface area contributed by atoms with E-state index in [2.05, 4.69) is 0 Å². The van der Waals surface area contributed by atoms with Gasteiger partial charge in [0.25, 0.3) is 0 Å². The van der Waals surface area contributed by atoms with E-state index in [0.717, 1.165) is 37.1 Å². The van der Waals surface area contributed by atoms with Gasteiger partial charge in [-0.05, 0) is 45.0 Å². The molecule has 0 spiro atoms. The van der Waals surface area contributed by atoms with Crippen LogP contribution in [0.2, 0.25) is 0 Å². The summed E-state index contributed by atoms with van der Waals surface area (Å²) in [6.07, 6.45) is -2.72. The van der Waals surface area contributed by atoms with Crippen molar-refractivity contribution >= 4 is 11.8 Å². The van der Waals surface area contributed by atoms with Crippen molar-refractivity contribution < 1.29 is 27.5 Å². The largest absolute Gasteiger partial charge is 0.464 e. The summed E-state index contributed by atoms with van der Waals surface area (Å²) in [5.41, 5.74) is -0.758. The number of hydrogen-bond acceptors (Lipinski definition) is 4. The smallest absolute Gasteiger partial charge is 0.416 e. The molecule has 0 aromatic heterocycles. The number of ether oxygens (including phenoxy) is 1. The lowest BCUT2D eigenvalue weighted by atomic mass is 10.0. The molecule has 0 radical (unpaired) electrons. The van der Waals surface area contributed by atoms with E-state index < -0.39 is 29.5 Å². The van der Waals surface area contributed by atoms with Crippen LogP contribution in [0, 0.1) is 0 Å². The van der Waals surface area contributed by atoms with Crippen molar-refractivity contribution in [2.75, 3.05) is 19.7 Å². The van der Waals surface area contributed by atoms with Gasteiger partial charge >= 0.3 is 12.1 Å². The lowest BCUT2D eigenvalue weighted by molar-refractivity contribution is -0.147. The molecule has 1 heterocycles. The van der Waals surface area contributed by atoms with Gasteiger partial charge in [0.15, 0.2) is 11.8 Å².